The van der Waals surface area contributed by atoms with Gasteiger partial charge in [0, 0.05) is 10.7 Å². The molecule has 8 heteroatoms. The molecule has 0 aromatic heterocycles. The summed E-state index contributed by atoms with van der Waals surface area (Å²) < 4.78 is 47.0. The standard InChI is InChI=1S/C4H6F4N2O2/c1-4(9(5)6,10(7)8)2-3(11)12/h2H2,1H3,(H,11,12). The third-order valence-electron chi connectivity index (χ3n) is 1.21. The van der Waals surface area contributed by atoms with Crippen LogP contribution in [0.15, 0.2) is 0 Å². The van der Waals surface area contributed by atoms with Gasteiger partial charge in [-0.1, -0.05) is 17.9 Å². The molecular weight excluding hydrogens is 184 g/mol. The fraction of sp³-hybridized carbons (Fsp3) is 0.750. The summed E-state index contributed by atoms with van der Waals surface area (Å²) in [4.78, 5) is 9.90. The molecule has 0 aliphatic heterocycles. The summed E-state index contributed by atoms with van der Waals surface area (Å²) in [5.41, 5.74) is -3.08. The predicted molar refractivity (Wildman–Crippen MR) is 28.8 cm³/mol. The van der Waals surface area contributed by atoms with Gasteiger partial charge in [0.1, 0.15) is 0 Å². The summed E-state index contributed by atoms with van der Waals surface area (Å²) in [7, 11) is 0. The van der Waals surface area contributed by atoms with Crippen LogP contribution in [0.2, 0.25) is 0 Å². The van der Waals surface area contributed by atoms with E-state index in [1.807, 2.05) is 0 Å². The molecule has 0 aliphatic carbocycles. The molecule has 4 nitrogen and oxygen atoms in total. The van der Waals surface area contributed by atoms with Crippen LogP contribution in [0.5, 0.6) is 0 Å². The molecule has 1 N–H and O–H groups in total. The Morgan fingerprint density at radius 3 is 1.75 bits per heavy atom. The lowest BCUT2D eigenvalue weighted by Gasteiger charge is -2.26. The molecule has 12 heavy (non-hydrogen) atoms. The van der Waals surface area contributed by atoms with Gasteiger partial charge in [-0.15, -0.1) is 0 Å². The minimum absolute atomic E-state index is 0.404. The van der Waals surface area contributed by atoms with Crippen molar-refractivity contribution >= 4 is 5.97 Å². The lowest BCUT2D eigenvalue weighted by atomic mass is 10.1. The summed E-state index contributed by atoms with van der Waals surface area (Å²) in [6.45, 7) is 0.404. The van der Waals surface area contributed by atoms with Gasteiger partial charge in [0.25, 0.3) is 0 Å². The van der Waals surface area contributed by atoms with Crippen LogP contribution in [0.25, 0.3) is 0 Å². The van der Waals surface area contributed by atoms with Crippen LogP contribution in [-0.4, -0.2) is 27.4 Å². The molecule has 0 atom stereocenters. The van der Waals surface area contributed by atoms with E-state index in [0.717, 1.165) is 0 Å². The van der Waals surface area contributed by atoms with Gasteiger partial charge in [-0.25, -0.2) is 0 Å². The minimum atomic E-state index is -3.08. The van der Waals surface area contributed by atoms with E-state index in [1.165, 1.54) is 0 Å². The molecule has 0 heterocycles. The summed E-state index contributed by atoms with van der Waals surface area (Å²) in [5, 5.41) is 4.33. The summed E-state index contributed by atoms with van der Waals surface area (Å²) in [6.07, 6.45) is -1.38. The van der Waals surface area contributed by atoms with Crippen LogP contribution in [0, 0.1) is 0 Å². The van der Waals surface area contributed by atoms with Gasteiger partial charge in [0.05, 0.1) is 6.42 Å². The smallest absolute Gasteiger partial charge is 0.307 e. The van der Waals surface area contributed by atoms with Crippen molar-refractivity contribution in [1.29, 1.82) is 0 Å². The third-order valence-corrected chi connectivity index (χ3v) is 1.21. The quantitative estimate of drug-likeness (QED) is 0.412. The zero-order chi connectivity index (χ0) is 9.94. The molecule has 0 aromatic rings. The summed E-state index contributed by atoms with van der Waals surface area (Å²) >= 11 is 0. The van der Waals surface area contributed by atoms with Gasteiger partial charge < -0.3 is 5.11 Å². The molecule has 0 rings (SSSR count). The highest BCUT2D eigenvalue weighted by Crippen LogP contribution is 2.26. The highest BCUT2D eigenvalue weighted by molar-refractivity contribution is 5.68. The molecule has 0 aromatic carbocycles. The maximum atomic E-state index is 11.7. The molecule has 0 saturated carbocycles. The minimum Gasteiger partial charge on any atom is -0.481 e. The molecule has 0 radical (unpaired) electrons. The van der Waals surface area contributed by atoms with Crippen LogP contribution in [0.1, 0.15) is 13.3 Å². The third kappa shape index (κ3) is 2.31. The van der Waals surface area contributed by atoms with Gasteiger partial charge >= 0.3 is 5.97 Å². The second-order valence-corrected chi connectivity index (χ2v) is 2.25. The zero-order valence-corrected chi connectivity index (χ0v) is 5.97. The van der Waals surface area contributed by atoms with E-state index < -0.39 is 28.7 Å². The average Bonchev–Trinajstić information content (AvgIpc) is 1.84. The lowest BCUT2D eigenvalue weighted by Crippen LogP contribution is -2.47. The number of hydrogen-bond acceptors (Lipinski definition) is 3. The van der Waals surface area contributed by atoms with Gasteiger partial charge in [-0.3, -0.25) is 4.79 Å². The van der Waals surface area contributed by atoms with Crippen molar-refractivity contribution in [3.05, 3.63) is 0 Å². The first-order valence-corrected chi connectivity index (χ1v) is 2.76. The normalized spacial score (nSPS) is 12.6. The number of carboxylic acid groups (broad SMARTS) is 1. The predicted octanol–water partition coefficient (Wildman–Crippen LogP) is 1.32. The Labute approximate surface area is 64.7 Å². The van der Waals surface area contributed by atoms with Crippen LogP contribution in [0.4, 0.5) is 17.9 Å². The molecule has 72 valence electrons. The SMILES string of the molecule is CC(CC(=O)O)(N(F)F)N(F)F. The Hall–Kier alpha value is -0.890. The highest BCUT2D eigenvalue weighted by Gasteiger charge is 2.44. The lowest BCUT2D eigenvalue weighted by molar-refractivity contribution is -0.365. The van der Waals surface area contributed by atoms with E-state index in [9.17, 15) is 22.7 Å². The van der Waals surface area contributed by atoms with Crippen LogP contribution < -0.4 is 0 Å². The highest BCUT2D eigenvalue weighted by atomic mass is 19.4. The van der Waals surface area contributed by atoms with E-state index in [2.05, 4.69) is 0 Å². The number of carbonyl (C=O) groups is 1. The first-order valence-electron chi connectivity index (χ1n) is 2.76. The summed E-state index contributed by atoms with van der Waals surface area (Å²) in [5.74, 6) is -1.74. The zero-order valence-electron chi connectivity index (χ0n) is 5.97. The van der Waals surface area contributed by atoms with E-state index in [-0.39, 0.29) is 0 Å². The molecule has 0 bridgehead atoms. The molecular formula is C4H6F4N2O2. The van der Waals surface area contributed by atoms with Crippen molar-refractivity contribution in [3.63, 3.8) is 0 Å². The van der Waals surface area contributed by atoms with E-state index in [0.29, 0.717) is 6.92 Å². The average molecular weight is 190 g/mol. The summed E-state index contributed by atoms with van der Waals surface area (Å²) in [6, 6.07) is 0. The molecule has 0 amide bonds. The monoisotopic (exact) mass is 190 g/mol. The Morgan fingerprint density at radius 1 is 1.33 bits per heavy atom. The Kier molecular flexibility index (Phi) is 3.40. The number of nitrogens with zero attached hydrogens (tertiary/aromatic N) is 2. The second kappa shape index (κ2) is 3.68. The molecule has 0 unspecified atom stereocenters. The largest absolute Gasteiger partial charge is 0.481 e. The fourth-order valence-corrected chi connectivity index (χ4v) is 0.463. The van der Waals surface area contributed by atoms with Crippen molar-refractivity contribution in [2.75, 3.05) is 0 Å². The Bertz CT molecular complexity index is 166. The van der Waals surface area contributed by atoms with E-state index in [1.54, 1.807) is 0 Å². The van der Waals surface area contributed by atoms with Gasteiger partial charge in [0.15, 0.2) is 0 Å². The molecule has 0 fully saturated rings. The molecule has 0 spiro atoms. The van der Waals surface area contributed by atoms with E-state index in [4.69, 9.17) is 5.11 Å². The Morgan fingerprint density at radius 2 is 1.67 bits per heavy atom. The second-order valence-electron chi connectivity index (χ2n) is 2.25. The van der Waals surface area contributed by atoms with Crippen LogP contribution in [0.3, 0.4) is 0 Å². The first-order chi connectivity index (χ1) is 5.30. The van der Waals surface area contributed by atoms with Crippen molar-refractivity contribution in [3.8, 4) is 0 Å². The van der Waals surface area contributed by atoms with Gasteiger partial charge in [-0.05, 0) is 6.92 Å². The van der Waals surface area contributed by atoms with Gasteiger partial charge in [0.2, 0.25) is 5.66 Å². The van der Waals surface area contributed by atoms with Crippen molar-refractivity contribution in [2.24, 2.45) is 0 Å². The van der Waals surface area contributed by atoms with Crippen molar-refractivity contribution in [2.45, 2.75) is 19.0 Å². The van der Waals surface area contributed by atoms with E-state index >= 15 is 0 Å². The maximum absolute atomic E-state index is 11.7. The van der Waals surface area contributed by atoms with Gasteiger partial charge in [-0.2, -0.15) is 0 Å². The van der Waals surface area contributed by atoms with Crippen molar-refractivity contribution in [1.82, 2.24) is 10.7 Å². The number of aliphatic carboxylic acids is 1. The number of hydrogen-bond donors (Lipinski definition) is 1. The van der Waals surface area contributed by atoms with Crippen LogP contribution >= 0.6 is 0 Å². The topological polar surface area (TPSA) is 43.8 Å². The maximum Gasteiger partial charge on any atom is 0.307 e. The number of halogens is 4. The number of carboxylic acids is 1. The van der Waals surface area contributed by atoms with Crippen molar-refractivity contribution < 1.29 is 27.8 Å². The van der Waals surface area contributed by atoms with Crippen LogP contribution in [-0.2, 0) is 4.79 Å². The fourth-order valence-electron chi connectivity index (χ4n) is 0.463. The molecule has 0 saturated heterocycles. The molecule has 0 aliphatic rings. The first kappa shape index (κ1) is 11.1. The Balaban J connectivity index is 4.51. The number of rotatable bonds is 4.